The van der Waals surface area contributed by atoms with Gasteiger partial charge >= 0.3 is 0 Å². The molecule has 0 radical (unpaired) electrons. The topological polar surface area (TPSA) is 127 Å². The van der Waals surface area contributed by atoms with Crippen LogP contribution in [0.5, 0.6) is 0 Å². The Balaban J connectivity index is 1.75. The van der Waals surface area contributed by atoms with Crippen molar-refractivity contribution in [3.05, 3.63) is 73.7 Å². The van der Waals surface area contributed by atoms with E-state index in [1.54, 1.807) is 24.3 Å². The molecule has 0 saturated carbocycles. The van der Waals surface area contributed by atoms with Crippen molar-refractivity contribution < 1.29 is 14.5 Å². The molecule has 0 aliphatic heterocycles. The van der Waals surface area contributed by atoms with Crippen LogP contribution in [0.15, 0.2) is 42.5 Å². The Labute approximate surface area is 186 Å². The van der Waals surface area contributed by atoms with Crippen LogP contribution in [-0.2, 0) is 6.42 Å². The fourth-order valence-electron chi connectivity index (χ4n) is 2.68. The number of hydrogen-bond donors (Lipinski definition) is 2. The molecule has 11 heteroatoms. The summed E-state index contributed by atoms with van der Waals surface area (Å²) in [5.41, 5.74) is 0.304. The minimum atomic E-state index is -0.603. The summed E-state index contributed by atoms with van der Waals surface area (Å²) in [7, 11) is 0. The number of hydrogen-bond acceptors (Lipinski definition) is 7. The van der Waals surface area contributed by atoms with Gasteiger partial charge in [-0.2, -0.15) is 0 Å². The molecule has 3 aromatic rings. The Morgan fingerprint density at radius 3 is 2.55 bits per heavy atom. The molecule has 3 rings (SSSR count). The first-order valence-corrected chi connectivity index (χ1v) is 10.6. The fraction of sp³-hybridized carbons (Fsp3) is 0.200. The number of rotatable bonds is 8. The van der Waals surface area contributed by atoms with E-state index in [4.69, 9.17) is 11.6 Å². The molecule has 0 unspecified atom stereocenters. The van der Waals surface area contributed by atoms with Crippen LogP contribution in [0.25, 0.3) is 0 Å². The highest BCUT2D eigenvalue weighted by Crippen LogP contribution is 2.25. The second-order valence-corrected chi connectivity index (χ2v) is 7.95. The molecular weight excluding hydrogens is 442 g/mol. The number of non-ortho nitro benzene ring substituents is 1. The number of para-hydroxylation sites is 1. The molecule has 0 spiro atoms. The van der Waals surface area contributed by atoms with Gasteiger partial charge in [-0.05, 0) is 24.6 Å². The summed E-state index contributed by atoms with van der Waals surface area (Å²) in [4.78, 5) is 35.6. The van der Waals surface area contributed by atoms with E-state index < -0.39 is 16.7 Å². The van der Waals surface area contributed by atoms with Gasteiger partial charge in [0.15, 0.2) is 0 Å². The highest BCUT2D eigenvalue weighted by Gasteiger charge is 2.19. The number of aromatic nitrogens is 2. The minimum Gasteiger partial charge on any atom is -0.321 e. The van der Waals surface area contributed by atoms with Gasteiger partial charge in [-0.15, -0.1) is 10.2 Å². The van der Waals surface area contributed by atoms with Crippen molar-refractivity contribution in [1.82, 2.24) is 10.2 Å². The van der Waals surface area contributed by atoms with Gasteiger partial charge in [0, 0.05) is 18.6 Å². The molecule has 2 aromatic carbocycles. The molecule has 160 valence electrons. The maximum atomic E-state index is 12.7. The SMILES string of the molecule is CCCCc1nnc(NC(=O)c2ccccc2NC(=O)c2ccc([N+](=O)[O-])cc2Cl)s1. The standard InChI is InChI=1S/C20H18ClN5O4S/c1-2-3-8-17-24-25-20(31-17)23-19(28)14-6-4-5-7-16(14)22-18(27)13-10-9-12(26(29)30)11-15(13)21/h4-7,9-11H,2-3,8H2,1H3,(H,22,27)(H,23,25,28). The second kappa shape index (κ2) is 10.1. The van der Waals surface area contributed by atoms with E-state index in [1.165, 1.54) is 23.5 Å². The summed E-state index contributed by atoms with van der Waals surface area (Å²) in [5, 5.41) is 25.4. The lowest BCUT2D eigenvalue weighted by Crippen LogP contribution is -2.18. The number of unbranched alkanes of at least 4 members (excludes halogenated alkanes) is 1. The first-order valence-electron chi connectivity index (χ1n) is 9.37. The Morgan fingerprint density at radius 1 is 1.10 bits per heavy atom. The van der Waals surface area contributed by atoms with Gasteiger partial charge in [-0.25, -0.2) is 0 Å². The van der Waals surface area contributed by atoms with Crippen molar-refractivity contribution in [2.45, 2.75) is 26.2 Å². The van der Waals surface area contributed by atoms with E-state index >= 15 is 0 Å². The van der Waals surface area contributed by atoms with E-state index in [0.717, 1.165) is 30.3 Å². The molecule has 2 amide bonds. The van der Waals surface area contributed by atoms with Crippen LogP contribution >= 0.6 is 22.9 Å². The first-order chi connectivity index (χ1) is 14.9. The molecule has 0 atom stereocenters. The fourth-order valence-corrected chi connectivity index (χ4v) is 3.72. The van der Waals surface area contributed by atoms with Gasteiger partial charge in [0.1, 0.15) is 5.01 Å². The average Bonchev–Trinajstić information content (AvgIpc) is 3.19. The lowest BCUT2D eigenvalue weighted by Gasteiger charge is -2.11. The summed E-state index contributed by atoms with van der Waals surface area (Å²) in [6.07, 6.45) is 2.82. The number of nitrogens with zero attached hydrogens (tertiary/aromatic N) is 3. The molecule has 0 fully saturated rings. The maximum absolute atomic E-state index is 12.7. The number of amides is 2. The van der Waals surface area contributed by atoms with Gasteiger partial charge in [0.2, 0.25) is 5.13 Å². The zero-order valence-corrected chi connectivity index (χ0v) is 18.0. The van der Waals surface area contributed by atoms with Gasteiger partial charge in [0.25, 0.3) is 17.5 Å². The summed E-state index contributed by atoms with van der Waals surface area (Å²) in [6, 6.07) is 10.00. The number of nitrogens with one attached hydrogen (secondary N) is 2. The van der Waals surface area contributed by atoms with Crippen molar-refractivity contribution in [2.24, 2.45) is 0 Å². The molecule has 0 bridgehead atoms. The summed E-state index contributed by atoms with van der Waals surface area (Å²) in [5.74, 6) is -1.05. The maximum Gasteiger partial charge on any atom is 0.270 e. The molecule has 2 N–H and O–H groups in total. The van der Waals surface area contributed by atoms with E-state index in [0.29, 0.717) is 5.13 Å². The normalized spacial score (nSPS) is 10.5. The largest absolute Gasteiger partial charge is 0.321 e. The number of carbonyl (C=O) groups excluding carboxylic acids is 2. The van der Waals surface area contributed by atoms with Crippen molar-refractivity contribution >= 4 is 51.3 Å². The zero-order chi connectivity index (χ0) is 22.4. The highest BCUT2D eigenvalue weighted by molar-refractivity contribution is 7.15. The van der Waals surface area contributed by atoms with Gasteiger partial charge in [-0.1, -0.05) is 48.4 Å². The summed E-state index contributed by atoms with van der Waals surface area (Å²) >= 11 is 7.33. The monoisotopic (exact) mass is 459 g/mol. The van der Waals surface area contributed by atoms with Crippen LogP contribution in [0.2, 0.25) is 5.02 Å². The second-order valence-electron chi connectivity index (χ2n) is 6.48. The molecular formula is C20H18ClN5O4S. The third kappa shape index (κ3) is 5.62. The third-order valence-corrected chi connectivity index (χ3v) is 5.47. The smallest absolute Gasteiger partial charge is 0.270 e. The van der Waals surface area contributed by atoms with Crippen LogP contribution in [-0.4, -0.2) is 26.9 Å². The van der Waals surface area contributed by atoms with Crippen LogP contribution in [0.1, 0.15) is 45.5 Å². The van der Waals surface area contributed by atoms with Crippen molar-refractivity contribution in [1.29, 1.82) is 0 Å². The van der Waals surface area contributed by atoms with Crippen molar-refractivity contribution in [2.75, 3.05) is 10.6 Å². The van der Waals surface area contributed by atoms with Gasteiger partial charge in [-0.3, -0.25) is 25.0 Å². The lowest BCUT2D eigenvalue weighted by atomic mass is 10.1. The molecule has 1 aromatic heterocycles. The first kappa shape index (κ1) is 22.3. The van der Waals surface area contributed by atoms with Gasteiger partial charge < -0.3 is 5.32 Å². The minimum absolute atomic E-state index is 0.0483. The Bertz CT molecular complexity index is 1130. The van der Waals surface area contributed by atoms with E-state index in [9.17, 15) is 19.7 Å². The number of aryl methyl sites for hydroxylation is 1. The molecule has 9 nitrogen and oxygen atoms in total. The molecule has 31 heavy (non-hydrogen) atoms. The Morgan fingerprint density at radius 2 is 1.84 bits per heavy atom. The predicted octanol–water partition coefficient (Wildman–Crippen LogP) is 4.95. The number of nitro groups is 1. The van der Waals surface area contributed by atoms with Gasteiger partial charge in [0.05, 0.1) is 26.8 Å². The third-order valence-electron chi connectivity index (χ3n) is 4.26. The Hall–Kier alpha value is -3.37. The molecule has 0 aliphatic carbocycles. The molecule has 0 saturated heterocycles. The lowest BCUT2D eigenvalue weighted by molar-refractivity contribution is -0.384. The Kier molecular flexibility index (Phi) is 7.27. The van der Waals surface area contributed by atoms with Crippen LogP contribution in [0.4, 0.5) is 16.5 Å². The zero-order valence-electron chi connectivity index (χ0n) is 16.4. The quantitative estimate of drug-likeness (QED) is 0.362. The predicted molar refractivity (Wildman–Crippen MR) is 119 cm³/mol. The summed E-state index contributed by atoms with van der Waals surface area (Å²) < 4.78 is 0. The summed E-state index contributed by atoms with van der Waals surface area (Å²) in [6.45, 7) is 2.08. The van der Waals surface area contributed by atoms with Crippen LogP contribution in [0.3, 0.4) is 0 Å². The average molecular weight is 460 g/mol. The molecule has 0 aliphatic rings. The number of carbonyl (C=O) groups is 2. The number of halogens is 1. The van der Waals surface area contributed by atoms with E-state index in [1.807, 2.05) is 0 Å². The highest BCUT2D eigenvalue weighted by atomic mass is 35.5. The van der Waals surface area contributed by atoms with Crippen molar-refractivity contribution in [3.8, 4) is 0 Å². The van der Waals surface area contributed by atoms with E-state index in [2.05, 4.69) is 27.8 Å². The number of anilines is 2. The number of nitro benzene ring substituents is 1. The van der Waals surface area contributed by atoms with Crippen molar-refractivity contribution in [3.63, 3.8) is 0 Å². The van der Waals surface area contributed by atoms with Crippen LogP contribution < -0.4 is 10.6 Å². The van der Waals surface area contributed by atoms with E-state index in [-0.39, 0.29) is 27.5 Å². The van der Waals surface area contributed by atoms with Crippen LogP contribution in [0, 0.1) is 10.1 Å². The number of benzene rings is 2. The molecule has 1 heterocycles.